The standard InChI is InChI=1S/C35H21F2N5/c36-25-13-9-23(10-14-25)33-38-34(24-11-15-26(37)16-12-24)40-35(39-33)42-31-8-4-2-6-28(31)29-21-27(17-18-32(29)42)41-20-19-22-5-1-3-7-30(22)41/h1-21H. The highest BCUT2D eigenvalue weighted by atomic mass is 19.1. The second kappa shape index (κ2) is 9.45. The van der Waals surface area contributed by atoms with Crippen LogP contribution in [-0.4, -0.2) is 24.1 Å². The molecule has 0 N–H and O–H groups in total. The summed E-state index contributed by atoms with van der Waals surface area (Å²) in [4.78, 5) is 14.4. The number of para-hydroxylation sites is 2. The molecule has 0 unspecified atom stereocenters. The Hall–Kier alpha value is -5.69. The summed E-state index contributed by atoms with van der Waals surface area (Å²) < 4.78 is 31.7. The summed E-state index contributed by atoms with van der Waals surface area (Å²) >= 11 is 0. The van der Waals surface area contributed by atoms with Gasteiger partial charge in [-0.2, -0.15) is 9.97 Å². The van der Waals surface area contributed by atoms with Crippen molar-refractivity contribution < 1.29 is 8.78 Å². The van der Waals surface area contributed by atoms with E-state index in [-0.39, 0.29) is 11.6 Å². The molecule has 8 aromatic rings. The second-order valence-electron chi connectivity index (χ2n) is 10.1. The summed E-state index contributed by atoms with van der Waals surface area (Å²) in [6.45, 7) is 0. The van der Waals surface area contributed by atoms with Crippen LogP contribution in [0.1, 0.15) is 0 Å². The van der Waals surface area contributed by atoms with Crippen LogP contribution in [0.4, 0.5) is 8.78 Å². The van der Waals surface area contributed by atoms with Crippen molar-refractivity contribution in [2.24, 2.45) is 0 Å². The molecule has 0 aliphatic rings. The Morgan fingerprint density at radius 3 is 1.79 bits per heavy atom. The summed E-state index contributed by atoms with van der Waals surface area (Å²) in [5.41, 5.74) is 5.32. The lowest BCUT2D eigenvalue weighted by Crippen LogP contribution is -2.06. The third kappa shape index (κ3) is 3.94. The Labute approximate surface area is 239 Å². The lowest BCUT2D eigenvalue weighted by molar-refractivity contribution is 0.627. The maximum atomic E-state index is 13.8. The first-order chi connectivity index (χ1) is 20.6. The van der Waals surface area contributed by atoms with Crippen molar-refractivity contribution in [1.29, 1.82) is 0 Å². The molecule has 8 rings (SSSR count). The molecule has 0 bridgehead atoms. The summed E-state index contributed by atoms with van der Waals surface area (Å²) in [5, 5.41) is 3.28. The molecule has 0 saturated carbocycles. The van der Waals surface area contributed by atoms with Crippen molar-refractivity contribution in [2.75, 3.05) is 0 Å². The van der Waals surface area contributed by atoms with E-state index in [0.29, 0.717) is 28.7 Å². The van der Waals surface area contributed by atoms with Gasteiger partial charge in [-0.25, -0.2) is 13.8 Å². The van der Waals surface area contributed by atoms with Gasteiger partial charge in [0.2, 0.25) is 5.95 Å². The summed E-state index contributed by atoms with van der Waals surface area (Å²) in [6, 6.07) is 37.0. The number of nitrogens with zero attached hydrogens (tertiary/aromatic N) is 5. The monoisotopic (exact) mass is 549 g/mol. The zero-order valence-corrected chi connectivity index (χ0v) is 22.1. The SMILES string of the molecule is Fc1ccc(-c2nc(-c3ccc(F)cc3)nc(-n3c4ccccc4c4cc(-n5ccc6ccccc65)ccc43)n2)cc1. The minimum absolute atomic E-state index is 0.347. The molecule has 0 amide bonds. The fourth-order valence-electron chi connectivity index (χ4n) is 5.56. The van der Waals surface area contributed by atoms with Crippen molar-refractivity contribution in [1.82, 2.24) is 24.1 Å². The normalized spacial score (nSPS) is 11.6. The van der Waals surface area contributed by atoms with Gasteiger partial charge in [-0.1, -0.05) is 36.4 Å². The Morgan fingerprint density at radius 1 is 0.500 bits per heavy atom. The van der Waals surface area contributed by atoms with Crippen LogP contribution < -0.4 is 0 Å². The van der Waals surface area contributed by atoms with Gasteiger partial charge in [0.1, 0.15) is 11.6 Å². The maximum absolute atomic E-state index is 13.8. The number of hydrogen-bond acceptors (Lipinski definition) is 3. The quantitative estimate of drug-likeness (QED) is 0.221. The molecule has 0 fully saturated rings. The molecule has 3 heterocycles. The summed E-state index contributed by atoms with van der Waals surface area (Å²) in [6.07, 6.45) is 2.08. The number of halogens is 2. The van der Waals surface area contributed by atoms with Gasteiger partial charge in [0, 0.05) is 33.8 Å². The second-order valence-corrected chi connectivity index (χ2v) is 10.1. The predicted molar refractivity (Wildman–Crippen MR) is 162 cm³/mol. The van der Waals surface area contributed by atoms with Crippen LogP contribution in [-0.2, 0) is 0 Å². The van der Waals surface area contributed by atoms with Crippen molar-refractivity contribution in [3.05, 3.63) is 139 Å². The molecule has 0 saturated heterocycles. The highest BCUT2D eigenvalue weighted by molar-refractivity contribution is 6.09. The van der Waals surface area contributed by atoms with Gasteiger partial charge in [0.05, 0.1) is 16.6 Å². The molecule has 42 heavy (non-hydrogen) atoms. The van der Waals surface area contributed by atoms with Crippen LogP contribution in [0.5, 0.6) is 0 Å². The molecule has 0 radical (unpaired) electrons. The van der Waals surface area contributed by atoms with E-state index in [1.54, 1.807) is 24.3 Å². The number of rotatable bonds is 4. The largest absolute Gasteiger partial charge is 0.317 e. The highest BCUT2D eigenvalue weighted by Crippen LogP contribution is 2.34. The van der Waals surface area contributed by atoms with E-state index in [1.165, 1.54) is 29.7 Å². The number of benzene rings is 5. The third-order valence-corrected chi connectivity index (χ3v) is 7.56. The van der Waals surface area contributed by atoms with E-state index in [4.69, 9.17) is 15.0 Å². The highest BCUT2D eigenvalue weighted by Gasteiger charge is 2.18. The fraction of sp³-hybridized carbons (Fsp3) is 0. The first-order valence-electron chi connectivity index (χ1n) is 13.5. The van der Waals surface area contributed by atoms with E-state index in [0.717, 1.165) is 33.0 Å². The van der Waals surface area contributed by atoms with E-state index < -0.39 is 0 Å². The van der Waals surface area contributed by atoms with E-state index in [9.17, 15) is 8.78 Å². The molecule has 5 aromatic carbocycles. The van der Waals surface area contributed by atoms with Crippen molar-refractivity contribution >= 4 is 32.7 Å². The Balaban J connectivity index is 1.38. The van der Waals surface area contributed by atoms with Crippen molar-refractivity contribution in [3.63, 3.8) is 0 Å². The average molecular weight is 550 g/mol. The number of hydrogen-bond donors (Lipinski definition) is 0. The minimum Gasteiger partial charge on any atom is -0.317 e. The van der Waals surface area contributed by atoms with Crippen LogP contribution in [0, 0.1) is 11.6 Å². The van der Waals surface area contributed by atoms with Gasteiger partial charge in [0.25, 0.3) is 0 Å². The van der Waals surface area contributed by atoms with Crippen molar-refractivity contribution in [2.45, 2.75) is 0 Å². The smallest absolute Gasteiger partial charge is 0.238 e. The van der Waals surface area contributed by atoms with Crippen LogP contribution in [0.15, 0.2) is 128 Å². The van der Waals surface area contributed by atoms with Gasteiger partial charge in [-0.15, -0.1) is 0 Å². The third-order valence-electron chi connectivity index (χ3n) is 7.56. The summed E-state index contributed by atoms with van der Waals surface area (Å²) in [5.74, 6) is 0.497. The van der Waals surface area contributed by atoms with Gasteiger partial charge < -0.3 is 4.57 Å². The molecule has 0 aliphatic heterocycles. The lowest BCUT2D eigenvalue weighted by atomic mass is 10.1. The molecule has 0 spiro atoms. The first-order valence-corrected chi connectivity index (χ1v) is 13.5. The number of aromatic nitrogens is 5. The first kappa shape index (κ1) is 24.1. The van der Waals surface area contributed by atoms with E-state index in [1.807, 2.05) is 34.9 Å². The topological polar surface area (TPSA) is 48.5 Å². The van der Waals surface area contributed by atoms with Gasteiger partial charge >= 0.3 is 0 Å². The zero-order chi connectivity index (χ0) is 28.2. The fourth-order valence-corrected chi connectivity index (χ4v) is 5.56. The Bertz CT molecular complexity index is 2200. The van der Waals surface area contributed by atoms with Crippen LogP contribution in [0.25, 0.3) is 67.1 Å². The van der Waals surface area contributed by atoms with E-state index in [2.05, 4.69) is 53.2 Å². The van der Waals surface area contributed by atoms with Gasteiger partial charge in [0.15, 0.2) is 11.6 Å². The maximum Gasteiger partial charge on any atom is 0.238 e. The van der Waals surface area contributed by atoms with Crippen LogP contribution in [0.3, 0.4) is 0 Å². The van der Waals surface area contributed by atoms with Crippen molar-refractivity contribution in [3.8, 4) is 34.4 Å². The molecule has 3 aromatic heterocycles. The van der Waals surface area contributed by atoms with Crippen LogP contribution >= 0.6 is 0 Å². The van der Waals surface area contributed by atoms with Gasteiger partial charge in [-0.05, 0) is 90.3 Å². The molecular weight excluding hydrogens is 528 g/mol. The molecule has 0 aliphatic carbocycles. The Kier molecular flexibility index (Phi) is 5.43. The molecular formula is C35H21F2N5. The molecule has 5 nitrogen and oxygen atoms in total. The molecule has 7 heteroatoms. The molecule has 200 valence electrons. The predicted octanol–water partition coefficient (Wildman–Crippen LogP) is 8.52. The average Bonchev–Trinajstić information content (AvgIpc) is 3.61. The summed E-state index contributed by atoms with van der Waals surface area (Å²) in [7, 11) is 0. The van der Waals surface area contributed by atoms with E-state index >= 15 is 0 Å². The van der Waals surface area contributed by atoms with Gasteiger partial charge in [-0.3, -0.25) is 4.57 Å². The minimum atomic E-state index is -0.347. The Morgan fingerprint density at radius 2 is 1.10 bits per heavy atom. The number of fused-ring (bicyclic) bond motifs is 4. The molecule has 0 atom stereocenters. The lowest BCUT2D eigenvalue weighted by Gasteiger charge is -2.11. The van der Waals surface area contributed by atoms with Crippen LogP contribution in [0.2, 0.25) is 0 Å². The zero-order valence-electron chi connectivity index (χ0n) is 22.1.